The van der Waals surface area contributed by atoms with Crippen LogP contribution in [0.5, 0.6) is 11.6 Å². The van der Waals surface area contributed by atoms with E-state index in [1.807, 2.05) is 58.0 Å². The van der Waals surface area contributed by atoms with Crippen molar-refractivity contribution in [2.45, 2.75) is 90.0 Å². The van der Waals surface area contributed by atoms with E-state index in [2.05, 4.69) is 16.3 Å². The van der Waals surface area contributed by atoms with Crippen LogP contribution in [0.25, 0.3) is 16.8 Å². The fraction of sp³-hybridized carbons (Fsp3) is 0.564. The summed E-state index contributed by atoms with van der Waals surface area (Å²) in [5.74, 6) is -2.24. The number of ketones is 1. The van der Waals surface area contributed by atoms with E-state index in [0.717, 1.165) is 16.3 Å². The molecule has 1 aromatic carbocycles. The number of benzene rings is 1. The zero-order valence-electron chi connectivity index (χ0n) is 30.6. The van der Waals surface area contributed by atoms with E-state index < -0.39 is 67.9 Å². The lowest BCUT2D eigenvalue weighted by atomic mass is 9.77. The van der Waals surface area contributed by atoms with Gasteiger partial charge in [0.1, 0.15) is 11.9 Å². The lowest BCUT2D eigenvalue weighted by Gasteiger charge is -2.34. The summed E-state index contributed by atoms with van der Waals surface area (Å²) in [6, 6.07) is 4.68. The quantitative estimate of drug-likeness (QED) is 0.289. The Bertz CT molecular complexity index is 1910. The Morgan fingerprint density at radius 2 is 1.96 bits per heavy atom. The number of Topliss-reactive ketones (excluding diaryl/α,β-unsaturated/α-hetero) is 1. The Hall–Kier alpha value is -4.26. The van der Waals surface area contributed by atoms with Crippen LogP contribution in [-0.4, -0.2) is 79.5 Å². The molecule has 6 rings (SSSR count). The Morgan fingerprint density at radius 3 is 2.62 bits per heavy atom. The van der Waals surface area contributed by atoms with Gasteiger partial charge in [-0.3, -0.25) is 23.9 Å². The van der Waals surface area contributed by atoms with Crippen molar-refractivity contribution in [1.29, 1.82) is 0 Å². The molecular weight excluding hydrogens is 687 g/mol. The minimum atomic E-state index is -3.85. The highest BCUT2D eigenvalue weighted by Gasteiger charge is 2.61. The van der Waals surface area contributed by atoms with E-state index in [-0.39, 0.29) is 50.5 Å². The monoisotopic (exact) mass is 735 g/mol. The van der Waals surface area contributed by atoms with Crippen LogP contribution < -0.4 is 14.2 Å². The molecule has 4 aliphatic rings. The van der Waals surface area contributed by atoms with Crippen molar-refractivity contribution in [3.63, 3.8) is 0 Å². The van der Waals surface area contributed by atoms with Crippen molar-refractivity contribution < 1.29 is 41.8 Å². The van der Waals surface area contributed by atoms with Gasteiger partial charge in [0.25, 0.3) is 0 Å². The first kappa shape index (κ1) is 37.5. The molecule has 1 N–H and O–H groups in total. The number of esters is 1. The number of fused-ring (bicyclic) bond motifs is 3. The number of nitrogens with one attached hydrogen (secondary N) is 1. The molecule has 0 spiro atoms. The minimum Gasteiger partial charge on any atom is -0.496 e. The van der Waals surface area contributed by atoms with E-state index in [1.54, 1.807) is 19.4 Å². The van der Waals surface area contributed by atoms with Gasteiger partial charge in [-0.15, -0.1) is 6.58 Å². The van der Waals surface area contributed by atoms with Gasteiger partial charge in [-0.2, -0.15) is 0 Å². The second kappa shape index (κ2) is 14.3. The maximum Gasteiger partial charge on any atom is 0.306 e. The smallest absolute Gasteiger partial charge is 0.306 e. The van der Waals surface area contributed by atoms with Gasteiger partial charge in [0.05, 0.1) is 49.3 Å². The molecule has 4 bridgehead atoms. The van der Waals surface area contributed by atoms with Crippen LogP contribution in [-0.2, 0) is 33.9 Å². The summed E-state index contributed by atoms with van der Waals surface area (Å²) in [6.45, 7) is 11.6. The highest BCUT2D eigenvalue weighted by Crippen LogP contribution is 2.57. The molecule has 13 heteroatoms. The first-order valence-corrected chi connectivity index (χ1v) is 19.6. The number of pyridine rings is 1. The van der Waals surface area contributed by atoms with E-state index >= 15 is 0 Å². The summed E-state index contributed by atoms with van der Waals surface area (Å²) in [7, 11) is -2.25. The Morgan fingerprint density at radius 1 is 1.21 bits per heavy atom. The number of allylic oxidation sites excluding steroid dienone is 2. The van der Waals surface area contributed by atoms with E-state index in [1.165, 1.54) is 4.90 Å². The molecule has 2 amide bonds. The van der Waals surface area contributed by atoms with Crippen LogP contribution in [0, 0.1) is 28.6 Å². The Kier molecular flexibility index (Phi) is 10.3. The maximum atomic E-state index is 14.6. The molecule has 1 saturated heterocycles. The van der Waals surface area contributed by atoms with Crippen molar-refractivity contribution in [3.8, 4) is 11.6 Å². The van der Waals surface area contributed by atoms with Gasteiger partial charge < -0.3 is 19.1 Å². The molecule has 0 unspecified atom stereocenters. The lowest BCUT2D eigenvalue weighted by Crippen LogP contribution is -2.48. The van der Waals surface area contributed by atoms with Crippen molar-refractivity contribution in [2.75, 3.05) is 20.3 Å². The van der Waals surface area contributed by atoms with Gasteiger partial charge >= 0.3 is 5.97 Å². The highest BCUT2D eigenvalue weighted by atomic mass is 32.2. The third-order valence-corrected chi connectivity index (χ3v) is 12.7. The Balaban J connectivity index is 1.36. The number of hydrogen-bond donors (Lipinski definition) is 1. The van der Waals surface area contributed by atoms with Crippen molar-refractivity contribution in [2.24, 2.45) is 28.6 Å². The molecule has 2 aromatic rings. The average Bonchev–Trinajstić information content (AvgIpc) is 4.02. The first-order chi connectivity index (χ1) is 24.6. The van der Waals surface area contributed by atoms with Crippen LogP contribution in [0.15, 0.2) is 43.1 Å². The Labute approximate surface area is 305 Å². The van der Waals surface area contributed by atoms with Crippen molar-refractivity contribution in [1.82, 2.24) is 14.6 Å². The molecule has 52 heavy (non-hydrogen) atoms. The average molecular weight is 736 g/mol. The number of rotatable bonds is 8. The number of sulfonamides is 1. The van der Waals surface area contributed by atoms with Crippen LogP contribution in [0.3, 0.4) is 0 Å². The largest absolute Gasteiger partial charge is 0.496 e. The molecule has 0 radical (unpaired) electrons. The number of ether oxygens (including phenoxy) is 3. The predicted molar refractivity (Wildman–Crippen MR) is 195 cm³/mol. The van der Waals surface area contributed by atoms with Crippen LogP contribution in [0.4, 0.5) is 0 Å². The van der Waals surface area contributed by atoms with Gasteiger partial charge in [-0.1, -0.05) is 45.9 Å². The second-order valence-electron chi connectivity index (χ2n) is 16.0. The van der Waals surface area contributed by atoms with E-state index in [0.29, 0.717) is 30.9 Å². The van der Waals surface area contributed by atoms with Crippen molar-refractivity contribution in [3.05, 3.63) is 48.7 Å². The SMILES string of the molecule is C=C[C@H]1C[C@]1(CC(=O)[C@@H]1C[C@@H]2CN1C(=O)[C@H](C(C)(C)C)CC(=O)OC[C@H](C)C/C=C/c1cc3c(nccc3cc1OC)O2)C(=O)NS(=O)(=O)C1CC1. The molecular formula is C39H49N3O9S. The van der Waals surface area contributed by atoms with Crippen molar-refractivity contribution >= 4 is 50.4 Å². The summed E-state index contributed by atoms with van der Waals surface area (Å²) < 4.78 is 45.5. The van der Waals surface area contributed by atoms with Crippen LogP contribution in [0.1, 0.15) is 78.2 Å². The molecule has 3 fully saturated rings. The molecule has 6 atom stereocenters. The number of amides is 2. The third-order valence-electron chi connectivity index (χ3n) is 10.9. The molecule has 2 aliphatic carbocycles. The van der Waals surface area contributed by atoms with Gasteiger partial charge in [-0.25, -0.2) is 13.4 Å². The van der Waals surface area contributed by atoms with Crippen LogP contribution in [0.2, 0.25) is 0 Å². The predicted octanol–water partition coefficient (Wildman–Crippen LogP) is 5.00. The number of hydrogen-bond acceptors (Lipinski definition) is 10. The zero-order chi connectivity index (χ0) is 37.6. The second-order valence-corrected chi connectivity index (χ2v) is 17.9. The lowest BCUT2D eigenvalue weighted by molar-refractivity contribution is -0.154. The molecule has 3 heterocycles. The molecule has 12 nitrogen and oxygen atoms in total. The van der Waals surface area contributed by atoms with Gasteiger partial charge in [0.15, 0.2) is 5.78 Å². The fourth-order valence-corrected chi connectivity index (χ4v) is 8.79. The third kappa shape index (κ3) is 7.74. The summed E-state index contributed by atoms with van der Waals surface area (Å²) in [6.07, 6.45) is 8.02. The summed E-state index contributed by atoms with van der Waals surface area (Å²) in [5, 5.41) is 0.952. The normalized spacial score (nSPS) is 29.0. The number of cyclic esters (lactones) is 1. The first-order valence-electron chi connectivity index (χ1n) is 18.0. The van der Waals surface area contributed by atoms with E-state index in [9.17, 15) is 27.6 Å². The number of aromatic nitrogens is 1. The standard InChI is InChI=1S/C39H49N3O9S/c1-7-26-19-39(26,37(46)41-52(47,48)28-11-12-28)20-32(43)31-17-27-21-42(31)36(45)30(38(3,4)5)18-34(44)50-22-23(2)9-8-10-25-15-29-24(16-33(25)49-6)13-14-40-35(29)51-27/h7-8,10,13-16,23,26-28,30-31H,1,9,11-12,17-22H2,2-6H3,(H,41,46)/b10-8+/t23-,26+,27-,30-,31+,39-/m1/s1. The summed E-state index contributed by atoms with van der Waals surface area (Å²) in [4.78, 5) is 61.8. The molecule has 2 saturated carbocycles. The minimum absolute atomic E-state index is 0.00169. The number of carbonyl (C=O) groups is 4. The number of nitrogens with zero attached hydrogens (tertiary/aromatic N) is 2. The summed E-state index contributed by atoms with van der Waals surface area (Å²) >= 11 is 0. The van der Waals surface area contributed by atoms with Gasteiger partial charge in [-0.05, 0) is 66.5 Å². The molecule has 280 valence electrons. The summed E-state index contributed by atoms with van der Waals surface area (Å²) in [5.41, 5.74) is -1.16. The van der Waals surface area contributed by atoms with Gasteiger partial charge in [0.2, 0.25) is 27.7 Å². The van der Waals surface area contributed by atoms with Gasteiger partial charge in [0, 0.05) is 30.0 Å². The number of methoxy groups -OCH3 is 1. The number of carbonyl (C=O) groups excluding carboxylic acids is 4. The highest BCUT2D eigenvalue weighted by molar-refractivity contribution is 7.90. The fourth-order valence-electron chi connectivity index (χ4n) is 7.41. The maximum absolute atomic E-state index is 14.6. The van der Waals surface area contributed by atoms with E-state index in [4.69, 9.17) is 14.2 Å². The molecule has 2 aliphatic heterocycles. The molecule has 1 aromatic heterocycles. The van der Waals surface area contributed by atoms with Crippen LogP contribution >= 0.6 is 0 Å². The topological polar surface area (TPSA) is 158 Å². The zero-order valence-corrected chi connectivity index (χ0v) is 31.4.